The van der Waals surface area contributed by atoms with Crippen LogP contribution in [0.25, 0.3) is 10.9 Å². The van der Waals surface area contributed by atoms with E-state index in [4.69, 9.17) is 16.9 Å². The third-order valence-corrected chi connectivity index (χ3v) is 4.02. The lowest BCUT2D eigenvalue weighted by Gasteiger charge is -2.21. The van der Waals surface area contributed by atoms with Crippen LogP contribution in [-0.4, -0.2) is 22.5 Å². The number of fused-ring (bicyclic) bond motifs is 1. The van der Waals surface area contributed by atoms with Crippen LogP contribution in [0.1, 0.15) is 24.8 Å². The van der Waals surface area contributed by atoms with Crippen LogP contribution in [0.2, 0.25) is 5.15 Å². The number of aromatic nitrogens is 1. The van der Waals surface area contributed by atoms with Gasteiger partial charge in [-0.25, -0.2) is 4.98 Å². The molecule has 1 heterocycles. The van der Waals surface area contributed by atoms with Gasteiger partial charge in [-0.15, -0.1) is 0 Å². The molecule has 1 aliphatic rings. The summed E-state index contributed by atoms with van der Waals surface area (Å²) in [6.07, 6.45) is 3.02. The zero-order valence-electron chi connectivity index (χ0n) is 11.2. The summed E-state index contributed by atoms with van der Waals surface area (Å²) in [5.74, 6) is 0. The van der Waals surface area contributed by atoms with E-state index in [0.29, 0.717) is 17.6 Å². The van der Waals surface area contributed by atoms with Crippen LogP contribution in [0.5, 0.6) is 0 Å². The summed E-state index contributed by atoms with van der Waals surface area (Å²) < 4.78 is 0. The monoisotopic (exact) mass is 285 g/mol. The summed E-state index contributed by atoms with van der Waals surface area (Å²) in [4.78, 5) is 6.81. The molecule has 1 aliphatic carbocycles. The van der Waals surface area contributed by atoms with Gasteiger partial charge < -0.3 is 0 Å². The van der Waals surface area contributed by atoms with Gasteiger partial charge in [0, 0.05) is 36.5 Å². The highest BCUT2D eigenvalue weighted by molar-refractivity contribution is 6.30. The fourth-order valence-electron chi connectivity index (χ4n) is 2.49. The fraction of sp³-hybridized carbons (Fsp3) is 0.375. The van der Waals surface area contributed by atoms with Crippen molar-refractivity contribution in [2.45, 2.75) is 31.8 Å². The summed E-state index contributed by atoms with van der Waals surface area (Å²) in [5, 5.41) is 10.5. The van der Waals surface area contributed by atoms with Crippen molar-refractivity contribution in [3.05, 3.63) is 41.0 Å². The lowest BCUT2D eigenvalue weighted by Crippen LogP contribution is -2.26. The average molecular weight is 286 g/mol. The molecular weight excluding hydrogens is 270 g/mol. The van der Waals surface area contributed by atoms with E-state index >= 15 is 0 Å². The van der Waals surface area contributed by atoms with Gasteiger partial charge in [0.15, 0.2) is 0 Å². The van der Waals surface area contributed by atoms with E-state index in [9.17, 15) is 0 Å². The van der Waals surface area contributed by atoms with Crippen molar-refractivity contribution >= 4 is 22.5 Å². The highest BCUT2D eigenvalue weighted by Crippen LogP contribution is 2.30. The molecule has 0 saturated heterocycles. The van der Waals surface area contributed by atoms with Crippen molar-refractivity contribution in [3.63, 3.8) is 0 Å². The number of hydrogen-bond acceptors (Lipinski definition) is 3. The number of para-hydroxylation sites is 1. The van der Waals surface area contributed by atoms with Crippen molar-refractivity contribution < 1.29 is 0 Å². The Bertz CT molecular complexity index is 658. The molecule has 1 saturated carbocycles. The Kier molecular flexibility index (Phi) is 3.86. The van der Waals surface area contributed by atoms with Crippen molar-refractivity contribution in [2.75, 3.05) is 6.54 Å². The second-order valence-corrected chi connectivity index (χ2v) is 5.60. The van der Waals surface area contributed by atoms with E-state index in [0.717, 1.165) is 29.6 Å². The average Bonchev–Trinajstić information content (AvgIpc) is 3.28. The molecule has 0 spiro atoms. The van der Waals surface area contributed by atoms with Crippen LogP contribution >= 0.6 is 11.6 Å². The van der Waals surface area contributed by atoms with E-state index in [1.807, 2.05) is 18.2 Å². The quantitative estimate of drug-likeness (QED) is 0.785. The molecule has 0 amide bonds. The minimum atomic E-state index is 0.565. The molecule has 4 heteroatoms. The zero-order chi connectivity index (χ0) is 13.9. The highest BCUT2D eigenvalue weighted by Gasteiger charge is 2.29. The van der Waals surface area contributed by atoms with Crippen LogP contribution in [-0.2, 0) is 6.54 Å². The molecule has 2 aromatic rings. The van der Waals surface area contributed by atoms with Gasteiger partial charge in [0.2, 0.25) is 0 Å². The maximum atomic E-state index is 8.76. The van der Waals surface area contributed by atoms with Gasteiger partial charge in [-0.05, 0) is 25.0 Å². The summed E-state index contributed by atoms with van der Waals surface area (Å²) in [7, 11) is 0. The SMILES string of the molecule is N#CCCN(Cc1cc2ccccc2nc1Cl)C1CC1. The summed E-state index contributed by atoms with van der Waals surface area (Å²) in [6.45, 7) is 1.59. The molecule has 102 valence electrons. The predicted molar refractivity (Wildman–Crippen MR) is 80.4 cm³/mol. The first kappa shape index (κ1) is 13.4. The number of hydrogen-bond donors (Lipinski definition) is 0. The second kappa shape index (κ2) is 5.78. The Labute approximate surface area is 123 Å². The first-order valence-corrected chi connectivity index (χ1v) is 7.31. The number of benzene rings is 1. The van der Waals surface area contributed by atoms with Gasteiger partial charge in [0.25, 0.3) is 0 Å². The lowest BCUT2D eigenvalue weighted by atomic mass is 10.1. The molecule has 0 aliphatic heterocycles. The number of pyridine rings is 1. The first-order valence-electron chi connectivity index (χ1n) is 6.93. The first-order chi connectivity index (χ1) is 9.78. The van der Waals surface area contributed by atoms with Crippen molar-refractivity contribution in [2.24, 2.45) is 0 Å². The normalized spacial score (nSPS) is 14.7. The van der Waals surface area contributed by atoms with E-state index in [1.165, 1.54) is 12.8 Å². The van der Waals surface area contributed by atoms with Gasteiger partial charge in [-0.1, -0.05) is 29.8 Å². The number of nitrogens with zero attached hydrogens (tertiary/aromatic N) is 3. The van der Waals surface area contributed by atoms with Crippen LogP contribution in [0.4, 0.5) is 0 Å². The molecule has 1 aromatic carbocycles. The van der Waals surface area contributed by atoms with E-state index in [1.54, 1.807) is 0 Å². The van der Waals surface area contributed by atoms with Gasteiger partial charge in [-0.2, -0.15) is 5.26 Å². The molecule has 1 aromatic heterocycles. The molecular formula is C16H16ClN3. The molecule has 1 fully saturated rings. The minimum absolute atomic E-state index is 0.565. The molecule has 0 radical (unpaired) electrons. The largest absolute Gasteiger partial charge is 0.295 e. The van der Waals surface area contributed by atoms with E-state index in [2.05, 4.69) is 28.1 Å². The van der Waals surface area contributed by atoms with Crippen molar-refractivity contribution in [1.29, 1.82) is 5.26 Å². The molecule has 3 rings (SSSR count). The maximum absolute atomic E-state index is 8.76. The highest BCUT2D eigenvalue weighted by atomic mass is 35.5. The van der Waals surface area contributed by atoms with E-state index in [-0.39, 0.29) is 0 Å². The third-order valence-electron chi connectivity index (χ3n) is 3.70. The maximum Gasteiger partial charge on any atom is 0.134 e. The standard InChI is InChI=1S/C16H16ClN3/c17-16-13(10-12-4-1-2-5-15(12)19-16)11-20(9-3-8-18)14-6-7-14/h1-2,4-5,10,14H,3,6-7,9,11H2. The van der Waals surface area contributed by atoms with Crippen LogP contribution in [0, 0.1) is 11.3 Å². The topological polar surface area (TPSA) is 39.9 Å². The Hall–Kier alpha value is -1.63. The van der Waals surface area contributed by atoms with Crippen LogP contribution < -0.4 is 0 Å². The molecule has 20 heavy (non-hydrogen) atoms. The molecule has 0 atom stereocenters. The van der Waals surface area contributed by atoms with Crippen LogP contribution in [0.3, 0.4) is 0 Å². The van der Waals surface area contributed by atoms with Crippen molar-refractivity contribution in [3.8, 4) is 6.07 Å². The smallest absolute Gasteiger partial charge is 0.134 e. The number of nitriles is 1. The van der Waals surface area contributed by atoms with Gasteiger partial charge >= 0.3 is 0 Å². The fourth-order valence-corrected chi connectivity index (χ4v) is 2.70. The summed E-state index contributed by atoms with van der Waals surface area (Å²) >= 11 is 6.30. The Morgan fingerprint density at radius 3 is 2.90 bits per heavy atom. The third kappa shape index (κ3) is 2.92. The Morgan fingerprint density at radius 1 is 1.35 bits per heavy atom. The lowest BCUT2D eigenvalue weighted by molar-refractivity contribution is 0.261. The molecule has 0 unspecified atom stereocenters. The van der Waals surface area contributed by atoms with Crippen LogP contribution in [0.15, 0.2) is 30.3 Å². The van der Waals surface area contributed by atoms with Gasteiger partial charge in [0.05, 0.1) is 11.6 Å². The minimum Gasteiger partial charge on any atom is -0.295 e. The molecule has 0 bridgehead atoms. The Morgan fingerprint density at radius 2 is 2.15 bits per heavy atom. The van der Waals surface area contributed by atoms with Gasteiger partial charge in [-0.3, -0.25) is 4.90 Å². The molecule has 0 N–H and O–H groups in total. The molecule has 3 nitrogen and oxygen atoms in total. The number of halogens is 1. The predicted octanol–water partition coefficient (Wildman–Crippen LogP) is 3.77. The van der Waals surface area contributed by atoms with E-state index < -0.39 is 0 Å². The Balaban J connectivity index is 1.85. The zero-order valence-corrected chi connectivity index (χ0v) is 12.0. The second-order valence-electron chi connectivity index (χ2n) is 5.24. The number of rotatable bonds is 5. The summed E-state index contributed by atoms with van der Waals surface area (Å²) in [6, 6.07) is 13.0. The van der Waals surface area contributed by atoms with Gasteiger partial charge in [0.1, 0.15) is 5.15 Å². The summed E-state index contributed by atoms with van der Waals surface area (Å²) in [5.41, 5.74) is 1.98. The van der Waals surface area contributed by atoms with Crippen molar-refractivity contribution in [1.82, 2.24) is 9.88 Å².